The van der Waals surface area contributed by atoms with Gasteiger partial charge in [0.05, 0.1) is 18.8 Å². The van der Waals surface area contributed by atoms with Crippen LogP contribution < -0.4 is 10.2 Å². The summed E-state index contributed by atoms with van der Waals surface area (Å²) in [6.45, 7) is 1.39. The summed E-state index contributed by atoms with van der Waals surface area (Å²) in [5, 5.41) is 8.52. The summed E-state index contributed by atoms with van der Waals surface area (Å²) < 4.78 is 2.02. The molecule has 1 aromatic heterocycles. The highest BCUT2D eigenvalue weighted by atomic mass is 35.5. The van der Waals surface area contributed by atoms with Crippen LogP contribution in [0.25, 0.3) is 0 Å². The number of fused-ring (bicyclic) bond motifs is 1. The molecule has 0 bridgehead atoms. The molecule has 2 amide bonds. The summed E-state index contributed by atoms with van der Waals surface area (Å²) in [6.07, 6.45) is 6.14. The van der Waals surface area contributed by atoms with Crippen LogP contribution in [0.1, 0.15) is 58.9 Å². The first-order valence-corrected chi connectivity index (χ1v) is 11.5. The van der Waals surface area contributed by atoms with E-state index in [0.717, 1.165) is 47.5 Å². The number of hydrogen-bond acceptors (Lipinski definition) is 3. The average molecular weight is 449 g/mol. The maximum Gasteiger partial charge on any atom is 0.251 e. The number of hydrogen-bond donors (Lipinski definition) is 1. The molecule has 7 heteroatoms. The van der Waals surface area contributed by atoms with Crippen LogP contribution in [0.3, 0.4) is 0 Å². The Balaban J connectivity index is 1.32. The Kier molecular flexibility index (Phi) is 5.70. The molecule has 5 rings (SSSR count). The van der Waals surface area contributed by atoms with E-state index in [4.69, 9.17) is 11.6 Å². The van der Waals surface area contributed by atoms with Gasteiger partial charge in [-0.15, -0.1) is 0 Å². The number of halogens is 1. The molecule has 32 heavy (non-hydrogen) atoms. The van der Waals surface area contributed by atoms with Gasteiger partial charge in [-0.1, -0.05) is 29.8 Å². The standard InChI is InChI=1S/C25H25ClN4O2/c26-19-11-9-17(10-12-19)16-30-23-7-2-6-22(21(23)15-27-30)28-25(32)18-4-1-5-20(14-18)29-13-3-8-24(29)31/h1,4-5,9-12,14-15,22H,2-3,6-8,13,16H2,(H,28,32)/t22-/m0/s1. The zero-order chi connectivity index (χ0) is 22.1. The molecule has 164 valence electrons. The Morgan fingerprint density at radius 3 is 2.75 bits per heavy atom. The Hall–Kier alpha value is -3.12. The monoisotopic (exact) mass is 448 g/mol. The molecule has 1 aliphatic heterocycles. The Morgan fingerprint density at radius 2 is 1.97 bits per heavy atom. The van der Waals surface area contributed by atoms with Crippen molar-refractivity contribution in [3.05, 3.63) is 82.1 Å². The second-order valence-corrected chi connectivity index (χ2v) is 8.88. The van der Waals surface area contributed by atoms with E-state index in [1.54, 1.807) is 11.0 Å². The van der Waals surface area contributed by atoms with Crippen molar-refractivity contribution in [2.24, 2.45) is 0 Å². The number of nitrogens with zero attached hydrogens (tertiary/aromatic N) is 3. The summed E-state index contributed by atoms with van der Waals surface area (Å²) in [6, 6.07) is 15.1. The van der Waals surface area contributed by atoms with Crippen LogP contribution in [-0.2, 0) is 17.8 Å². The van der Waals surface area contributed by atoms with Crippen molar-refractivity contribution in [2.45, 2.75) is 44.7 Å². The third kappa shape index (κ3) is 4.15. The third-order valence-electron chi connectivity index (χ3n) is 6.31. The fourth-order valence-corrected chi connectivity index (χ4v) is 4.77. The molecule has 2 heterocycles. The fraction of sp³-hybridized carbons (Fsp3) is 0.320. The number of anilines is 1. The first-order chi connectivity index (χ1) is 15.6. The summed E-state index contributed by atoms with van der Waals surface area (Å²) >= 11 is 6.00. The van der Waals surface area contributed by atoms with Crippen LogP contribution >= 0.6 is 11.6 Å². The van der Waals surface area contributed by atoms with Gasteiger partial charge in [-0.3, -0.25) is 14.3 Å². The second-order valence-electron chi connectivity index (χ2n) is 8.45. The number of aromatic nitrogens is 2. The topological polar surface area (TPSA) is 67.2 Å². The fourth-order valence-electron chi connectivity index (χ4n) is 4.65. The number of rotatable bonds is 5. The molecule has 1 fully saturated rings. The Morgan fingerprint density at radius 1 is 1.12 bits per heavy atom. The maximum absolute atomic E-state index is 13.0. The molecule has 0 radical (unpaired) electrons. The molecule has 1 atom stereocenters. The molecule has 0 saturated carbocycles. The average Bonchev–Trinajstić information content (AvgIpc) is 3.42. The van der Waals surface area contributed by atoms with Gasteiger partial charge in [0.15, 0.2) is 0 Å². The predicted octanol–water partition coefficient (Wildman–Crippen LogP) is 4.52. The van der Waals surface area contributed by atoms with E-state index in [9.17, 15) is 9.59 Å². The summed E-state index contributed by atoms with van der Waals surface area (Å²) in [5.74, 6) is -0.00520. The molecule has 6 nitrogen and oxygen atoms in total. The molecule has 0 spiro atoms. The highest BCUT2D eigenvalue weighted by Gasteiger charge is 2.27. The molecule has 2 aromatic carbocycles. The minimum absolute atomic E-state index is 0.0673. The van der Waals surface area contributed by atoms with Gasteiger partial charge >= 0.3 is 0 Å². The minimum atomic E-state index is -0.123. The van der Waals surface area contributed by atoms with E-state index >= 15 is 0 Å². The van der Waals surface area contributed by atoms with Gasteiger partial charge in [0, 0.05) is 40.5 Å². The highest BCUT2D eigenvalue weighted by Crippen LogP contribution is 2.31. The lowest BCUT2D eigenvalue weighted by molar-refractivity contribution is -0.117. The largest absolute Gasteiger partial charge is 0.345 e. The molecule has 2 aliphatic rings. The molecule has 1 aliphatic carbocycles. The Bertz CT molecular complexity index is 1160. The number of carbonyl (C=O) groups is 2. The SMILES string of the molecule is O=C(N[C@H]1CCCc2c1cnn2Cc1ccc(Cl)cc1)c1cccc(N2CCCC2=O)c1. The zero-order valence-corrected chi connectivity index (χ0v) is 18.5. The van der Waals surface area contributed by atoms with Crippen molar-refractivity contribution >= 4 is 29.1 Å². The smallest absolute Gasteiger partial charge is 0.251 e. The zero-order valence-electron chi connectivity index (χ0n) is 17.8. The van der Waals surface area contributed by atoms with Crippen LogP contribution in [0.15, 0.2) is 54.7 Å². The second kappa shape index (κ2) is 8.79. The lowest BCUT2D eigenvalue weighted by Gasteiger charge is -2.24. The molecule has 1 N–H and O–H groups in total. The van der Waals surface area contributed by atoms with Crippen molar-refractivity contribution in [3.8, 4) is 0 Å². The Labute approximate surface area is 192 Å². The van der Waals surface area contributed by atoms with Crippen molar-refractivity contribution in [1.82, 2.24) is 15.1 Å². The van der Waals surface area contributed by atoms with Crippen LogP contribution in [0.5, 0.6) is 0 Å². The van der Waals surface area contributed by atoms with Crippen molar-refractivity contribution in [3.63, 3.8) is 0 Å². The number of nitrogens with one attached hydrogen (secondary N) is 1. The lowest BCUT2D eigenvalue weighted by Crippen LogP contribution is -2.31. The molecule has 3 aromatic rings. The number of amides is 2. The van der Waals surface area contributed by atoms with E-state index in [0.29, 0.717) is 25.1 Å². The normalized spacial score (nSPS) is 18.0. The van der Waals surface area contributed by atoms with Gasteiger partial charge < -0.3 is 10.2 Å². The van der Waals surface area contributed by atoms with Crippen molar-refractivity contribution in [1.29, 1.82) is 0 Å². The van der Waals surface area contributed by atoms with Crippen molar-refractivity contribution < 1.29 is 9.59 Å². The highest BCUT2D eigenvalue weighted by molar-refractivity contribution is 6.30. The van der Waals surface area contributed by atoms with E-state index in [-0.39, 0.29) is 17.9 Å². The van der Waals surface area contributed by atoms with Crippen LogP contribution in [0.4, 0.5) is 5.69 Å². The maximum atomic E-state index is 13.0. The van der Waals surface area contributed by atoms with Gasteiger partial charge in [0.25, 0.3) is 5.91 Å². The van der Waals surface area contributed by atoms with E-state index in [2.05, 4.69) is 10.4 Å². The summed E-state index contributed by atoms with van der Waals surface area (Å²) in [4.78, 5) is 26.9. The van der Waals surface area contributed by atoms with E-state index in [1.165, 1.54) is 5.69 Å². The molecule has 1 saturated heterocycles. The first kappa shape index (κ1) is 20.8. The molecular weight excluding hydrogens is 424 g/mol. The minimum Gasteiger partial charge on any atom is -0.345 e. The third-order valence-corrected chi connectivity index (χ3v) is 6.56. The molecular formula is C25H25ClN4O2. The number of carbonyl (C=O) groups excluding carboxylic acids is 2. The summed E-state index contributed by atoms with van der Waals surface area (Å²) in [5.41, 5.74) is 4.76. The number of benzene rings is 2. The quantitative estimate of drug-likeness (QED) is 0.624. The van der Waals surface area contributed by atoms with Gasteiger partial charge in [0.1, 0.15) is 0 Å². The van der Waals surface area contributed by atoms with Crippen LogP contribution in [0.2, 0.25) is 5.02 Å². The van der Waals surface area contributed by atoms with Crippen molar-refractivity contribution in [2.75, 3.05) is 11.4 Å². The van der Waals surface area contributed by atoms with E-state index < -0.39 is 0 Å². The van der Waals surface area contributed by atoms with E-state index in [1.807, 2.05) is 53.3 Å². The first-order valence-electron chi connectivity index (χ1n) is 11.1. The van der Waals surface area contributed by atoms with Gasteiger partial charge in [-0.25, -0.2) is 0 Å². The van der Waals surface area contributed by atoms with Crippen LogP contribution in [0, 0.1) is 0 Å². The van der Waals surface area contributed by atoms with Crippen LogP contribution in [-0.4, -0.2) is 28.1 Å². The van der Waals surface area contributed by atoms with Gasteiger partial charge in [-0.05, 0) is 61.6 Å². The molecule has 0 unspecified atom stereocenters. The van der Waals surface area contributed by atoms with Gasteiger partial charge in [0.2, 0.25) is 5.91 Å². The summed E-state index contributed by atoms with van der Waals surface area (Å²) in [7, 11) is 0. The van der Waals surface area contributed by atoms with Gasteiger partial charge in [-0.2, -0.15) is 5.10 Å². The lowest BCUT2D eigenvalue weighted by atomic mass is 9.92. The predicted molar refractivity (Wildman–Crippen MR) is 124 cm³/mol.